The van der Waals surface area contributed by atoms with Crippen molar-refractivity contribution in [2.45, 2.75) is 38.3 Å². The fraction of sp³-hybridized carbons (Fsp3) is 0.500. The van der Waals surface area contributed by atoms with Gasteiger partial charge in [-0.2, -0.15) is 0 Å². The van der Waals surface area contributed by atoms with Crippen LogP contribution in [0.2, 0.25) is 0 Å². The number of allylic oxidation sites excluding steroid dienone is 2. The van der Waals surface area contributed by atoms with E-state index in [0.29, 0.717) is 19.1 Å². The van der Waals surface area contributed by atoms with Gasteiger partial charge >= 0.3 is 0 Å². The fourth-order valence-corrected chi connectivity index (χ4v) is 3.25. The number of morpholine rings is 1. The lowest BCUT2D eigenvalue weighted by Crippen LogP contribution is -2.49. The van der Waals surface area contributed by atoms with Gasteiger partial charge in [0.2, 0.25) is 5.91 Å². The highest BCUT2D eigenvalue weighted by molar-refractivity contribution is 5.80. The van der Waals surface area contributed by atoms with Gasteiger partial charge in [-0.15, -0.1) is 0 Å². The monoisotopic (exact) mass is 285 g/mol. The standard InChI is InChI=1S/C18H23NO2/c1-14-12-19(18(20)16-10-6-3-7-11-16)17(13-21-14)15-8-4-2-5-9-15/h2-6,8-9,14,16-17H,7,10-13H2,1H3/t14-,16+,17+/m1/s1. The number of carbonyl (C=O) groups excluding carboxylic acids is 1. The molecule has 1 aliphatic carbocycles. The lowest BCUT2D eigenvalue weighted by Gasteiger charge is -2.40. The van der Waals surface area contributed by atoms with Gasteiger partial charge < -0.3 is 9.64 Å². The first-order valence-electron chi connectivity index (χ1n) is 7.87. The van der Waals surface area contributed by atoms with Crippen molar-refractivity contribution >= 4 is 5.91 Å². The van der Waals surface area contributed by atoms with Crippen LogP contribution < -0.4 is 0 Å². The highest BCUT2D eigenvalue weighted by Gasteiger charge is 2.34. The fourth-order valence-electron chi connectivity index (χ4n) is 3.25. The summed E-state index contributed by atoms with van der Waals surface area (Å²) in [4.78, 5) is 15.0. The van der Waals surface area contributed by atoms with Crippen molar-refractivity contribution in [3.8, 4) is 0 Å². The van der Waals surface area contributed by atoms with Crippen molar-refractivity contribution in [1.82, 2.24) is 4.90 Å². The Morgan fingerprint density at radius 1 is 1.24 bits per heavy atom. The largest absolute Gasteiger partial charge is 0.374 e. The van der Waals surface area contributed by atoms with E-state index in [1.54, 1.807) is 0 Å². The molecule has 112 valence electrons. The van der Waals surface area contributed by atoms with Crippen molar-refractivity contribution < 1.29 is 9.53 Å². The first-order valence-corrected chi connectivity index (χ1v) is 7.87. The van der Waals surface area contributed by atoms with Gasteiger partial charge in [0, 0.05) is 12.5 Å². The van der Waals surface area contributed by atoms with E-state index in [4.69, 9.17) is 4.74 Å². The SMILES string of the molecule is C[C@@H]1CN(C(=O)[C@H]2CC=CCC2)[C@H](c2ccccc2)CO1. The summed E-state index contributed by atoms with van der Waals surface area (Å²) in [6, 6.07) is 10.3. The smallest absolute Gasteiger partial charge is 0.226 e. The molecule has 1 amide bonds. The zero-order valence-electron chi connectivity index (χ0n) is 12.6. The number of carbonyl (C=O) groups is 1. The minimum absolute atomic E-state index is 0.0563. The van der Waals surface area contributed by atoms with E-state index in [-0.39, 0.29) is 18.1 Å². The van der Waals surface area contributed by atoms with Crippen LogP contribution in [0.25, 0.3) is 0 Å². The zero-order chi connectivity index (χ0) is 14.7. The van der Waals surface area contributed by atoms with Crippen LogP contribution in [0.1, 0.15) is 37.8 Å². The molecule has 1 saturated heterocycles. The van der Waals surface area contributed by atoms with Gasteiger partial charge in [0.1, 0.15) is 0 Å². The van der Waals surface area contributed by atoms with Gasteiger partial charge in [-0.3, -0.25) is 4.79 Å². The molecule has 0 radical (unpaired) electrons. The molecule has 0 unspecified atom stereocenters. The van der Waals surface area contributed by atoms with Crippen LogP contribution in [-0.2, 0) is 9.53 Å². The summed E-state index contributed by atoms with van der Waals surface area (Å²) in [5, 5.41) is 0. The molecule has 1 aliphatic heterocycles. The van der Waals surface area contributed by atoms with Crippen LogP contribution in [0, 0.1) is 5.92 Å². The van der Waals surface area contributed by atoms with Gasteiger partial charge in [-0.1, -0.05) is 42.5 Å². The molecule has 0 aromatic heterocycles. The predicted molar refractivity (Wildman–Crippen MR) is 82.8 cm³/mol. The third kappa shape index (κ3) is 3.18. The molecule has 3 rings (SSSR count). The Balaban J connectivity index is 1.81. The quantitative estimate of drug-likeness (QED) is 0.780. The molecule has 2 aliphatic rings. The third-order valence-electron chi connectivity index (χ3n) is 4.45. The maximum Gasteiger partial charge on any atom is 0.226 e. The van der Waals surface area contributed by atoms with E-state index in [0.717, 1.165) is 19.3 Å². The first-order chi connectivity index (χ1) is 10.3. The lowest BCUT2D eigenvalue weighted by atomic mass is 9.91. The molecule has 3 heteroatoms. The molecular weight excluding hydrogens is 262 g/mol. The summed E-state index contributed by atoms with van der Waals surface area (Å²) in [6.45, 7) is 3.33. The molecule has 1 heterocycles. The Kier molecular flexibility index (Phi) is 4.39. The molecule has 21 heavy (non-hydrogen) atoms. The minimum Gasteiger partial charge on any atom is -0.374 e. The molecule has 0 N–H and O–H groups in total. The topological polar surface area (TPSA) is 29.5 Å². The number of hydrogen-bond acceptors (Lipinski definition) is 2. The van der Waals surface area contributed by atoms with Crippen molar-refractivity contribution in [3.63, 3.8) is 0 Å². The Bertz CT molecular complexity index is 511. The van der Waals surface area contributed by atoms with Gasteiger partial charge in [-0.25, -0.2) is 0 Å². The molecule has 3 nitrogen and oxygen atoms in total. The van der Waals surface area contributed by atoms with E-state index in [1.165, 1.54) is 5.56 Å². The summed E-state index contributed by atoms with van der Waals surface area (Å²) < 4.78 is 5.80. The van der Waals surface area contributed by atoms with Crippen molar-refractivity contribution in [3.05, 3.63) is 48.0 Å². The maximum atomic E-state index is 12.9. The molecular formula is C18H23NO2. The Morgan fingerprint density at radius 3 is 2.76 bits per heavy atom. The number of amides is 1. The second-order valence-corrected chi connectivity index (χ2v) is 6.04. The summed E-state index contributed by atoms with van der Waals surface area (Å²) in [5.74, 6) is 0.440. The van der Waals surface area contributed by atoms with Crippen molar-refractivity contribution in [2.24, 2.45) is 5.92 Å². The van der Waals surface area contributed by atoms with Crippen LogP contribution in [0.15, 0.2) is 42.5 Å². The number of rotatable bonds is 2. The number of hydrogen-bond donors (Lipinski definition) is 0. The Hall–Kier alpha value is -1.61. The number of ether oxygens (including phenoxy) is 1. The summed E-state index contributed by atoms with van der Waals surface area (Å²) in [5.41, 5.74) is 1.17. The van der Waals surface area contributed by atoms with Gasteiger partial charge in [0.05, 0.1) is 18.8 Å². The normalized spacial score (nSPS) is 29.4. The molecule has 0 bridgehead atoms. The molecule has 3 atom stereocenters. The molecule has 1 fully saturated rings. The van der Waals surface area contributed by atoms with E-state index >= 15 is 0 Å². The Morgan fingerprint density at radius 2 is 2.05 bits per heavy atom. The van der Waals surface area contributed by atoms with E-state index in [9.17, 15) is 4.79 Å². The van der Waals surface area contributed by atoms with Crippen LogP contribution in [-0.4, -0.2) is 30.1 Å². The van der Waals surface area contributed by atoms with E-state index < -0.39 is 0 Å². The number of nitrogens with zero attached hydrogens (tertiary/aromatic N) is 1. The van der Waals surface area contributed by atoms with Crippen LogP contribution in [0.3, 0.4) is 0 Å². The lowest BCUT2D eigenvalue weighted by molar-refractivity contribution is -0.149. The highest BCUT2D eigenvalue weighted by Crippen LogP contribution is 2.30. The Labute approximate surface area is 126 Å². The first kappa shape index (κ1) is 14.3. The van der Waals surface area contributed by atoms with Gasteiger partial charge in [0.25, 0.3) is 0 Å². The van der Waals surface area contributed by atoms with Crippen molar-refractivity contribution in [2.75, 3.05) is 13.2 Å². The second kappa shape index (κ2) is 6.44. The zero-order valence-corrected chi connectivity index (χ0v) is 12.6. The van der Waals surface area contributed by atoms with Gasteiger partial charge in [0.15, 0.2) is 0 Å². The van der Waals surface area contributed by atoms with Crippen LogP contribution in [0.5, 0.6) is 0 Å². The van der Waals surface area contributed by atoms with Crippen LogP contribution >= 0.6 is 0 Å². The molecule has 1 aromatic carbocycles. The third-order valence-corrected chi connectivity index (χ3v) is 4.45. The van der Waals surface area contributed by atoms with E-state index in [2.05, 4.69) is 24.3 Å². The molecule has 0 spiro atoms. The average molecular weight is 285 g/mol. The van der Waals surface area contributed by atoms with E-state index in [1.807, 2.05) is 30.0 Å². The summed E-state index contributed by atoms with van der Waals surface area (Å²) >= 11 is 0. The average Bonchev–Trinajstić information content (AvgIpc) is 2.56. The molecule has 1 aromatic rings. The van der Waals surface area contributed by atoms with Gasteiger partial charge in [-0.05, 0) is 31.7 Å². The van der Waals surface area contributed by atoms with Crippen LogP contribution in [0.4, 0.5) is 0 Å². The molecule has 0 saturated carbocycles. The minimum atomic E-state index is 0.0563. The second-order valence-electron chi connectivity index (χ2n) is 6.04. The predicted octanol–water partition coefficient (Wildman–Crippen LogP) is 3.33. The summed E-state index contributed by atoms with van der Waals surface area (Å²) in [7, 11) is 0. The maximum absolute atomic E-state index is 12.9. The highest BCUT2D eigenvalue weighted by atomic mass is 16.5. The number of benzene rings is 1. The van der Waals surface area contributed by atoms with Crippen molar-refractivity contribution in [1.29, 1.82) is 0 Å². The summed E-state index contributed by atoms with van der Waals surface area (Å²) in [6.07, 6.45) is 7.32.